The molecule has 1 aliphatic carbocycles. The molecule has 1 aromatic heterocycles. The topological polar surface area (TPSA) is 110 Å². The molecule has 7 nitrogen and oxygen atoms in total. The lowest BCUT2D eigenvalue weighted by Crippen LogP contribution is -2.42. The van der Waals surface area contributed by atoms with E-state index in [1.54, 1.807) is 6.92 Å². The number of nitrogens with zero attached hydrogens (tertiary/aromatic N) is 1. The van der Waals surface area contributed by atoms with Gasteiger partial charge in [-0.15, -0.1) is 11.3 Å². The van der Waals surface area contributed by atoms with Crippen LogP contribution in [-0.4, -0.2) is 43.4 Å². The number of hydrogen-bond acceptors (Lipinski definition) is 5. The zero-order chi connectivity index (χ0) is 19.6. The van der Waals surface area contributed by atoms with E-state index in [1.807, 2.05) is 0 Å². The molecule has 0 unspecified atom stereocenters. The SMILES string of the molecule is CCS(=O)(=O)N1CCC(C(=O)Nc2sc3c(c2C(N)=O)CCCCC3)CC1. The summed E-state index contributed by atoms with van der Waals surface area (Å²) in [4.78, 5) is 25.9. The minimum Gasteiger partial charge on any atom is -0.365 e. The molecule has 3 N–H and O–H groups in total. The zero-order valence-electron chi connectivity index (χ0n) is 15.6. The van der Waals surface area contributed by atoms with Gasteiger partial charge in [-0.3, -0.25) is 9.59 Å². The van der Waals surface area contributed by atoms with Crippen molar-refractivity contribution < 1.29 is 18.0 Å². The van der Waals surface area contributed by atoms with E-state index in [1.165, 1.54) is 15.6 Å². The van der Waals surface area contributed by atoms with Gasteiger partial charge in [0.1, 0.15) is 5.00 Å². The number of primary amides is 1. The number of hydrogen-bond donors (Lipinski definition) is 2. The molecule has 0 radical (unpaired) electrons. The highest BCUT2D eigenvalue weighted by atomic mass is 32.2. The fourth-order valence-corrected chi connectivity index (χ4v) is 6.31. The molecule has 1 fully saturated rings. The molecule has 3 rings (SSSR count). The average molecular weight is 414 g/mol. The van der Waals surface area contributed by atoms with Gasteiger partial charge in [-0.25, -0.2) is 12.7 Å². The second-order valence-electron chi connectivity index (χ2n) is 7.20. The van der Waals surface area contributed by atoms with Crippen LogP contribution < -0.4 is 11.1 Å². The molecular weight excluding hydrogens is 386 g/mol. The molecule has 0 aromatic carbocycles. The molecule has 9 heteroatoms. The minimum absolute atomic E-state index is 0.0760. The Labute approximate surface area is 164 Å². The summed E-state index contributed by atoms with van der Waals surface area (Å²) < 4.78 is 25.4. The summed E-state index contributed by atoms with van der Waals surface area (Å²) in [6.45, 7) is 2.34. The number of carbonyl (C=O) groups excluding carboxylic acids is 2. The number of thiophene rings is 1. The lowest BCUT2D eigenvalue weighted by molar-refractivity contribution is -0.120. The first-order chi connectivity index (χ1) is 12.8. The van der Waals surface area contributed by atoms with E-state index in [2.05, 4.69) is 5.32 Å². The van der Waals surface area contributed by atoms with Crippen LogP contribution in [0.3, 0.4) is 0 Å². The summed E-state index contributed by atoms with van der Waals surface area (Å²) in [6.07, 6.45) is 5.98. The number of fused-ring (bicyclic) bond motifs is 1. The first-order valence-corrected chi connectivity index (χ1v) is 12.0. The third kappa shape index (κ3) is 4.35. The summed E-state index contributed by atoms with van der Waals surface area (Å²) >= 11 is 1.47. The lowest BCUT2D eigenvalue weighted by Gasteiger charge is -2.30. The van der Waals surface area contributed by atoms with Crippen molar-refractivity contribution >= 4 is 38.2 Å². The van der Waals surface area contributed by atoms with Gasteiger partial charge in [0.2, 0.25) is 15.9 Å². The van der Waals surface area contributed by atoms with Gasteiger partial charge in [0.25, 0.3) is 5.91 Å². The molecule has 2 heterocycles. The fraction of sp³-hybridized carbons (Fsp3) is 0.667. The maximum Gasteiger partial charge on any atom is 0.251 e. The van der Waals surface area contributed by atoms with E-state index in [0.717, 1.165) is 42.5 Å². The van der Waals surface area contributed by atoms with Crippen molar-refractivity contribution in [1.29, 1.82) is 0 Å². The first-order valence-electron chi connectivity index (χ1n) is 9.56. The van der Waals surface area contributed by atoms with Crippen LogP contribution in [0.5, 0.6) is 0 Å². The average Bonchev–Trinajstić information content (AvgIpc) is 2.82. The Morgan fingerprint density at radius 3 is 2.48 bits per heavy atom. The molecule has 1 aromatic rings. The Morgan fingerprint density at radius 1 is 1.19 bits per heavy atom. The normalized spacial score (nSPS) is 19.3. The predicted molar refractivity (Wildman–Crippen MR) is 106 cm³/mol. The van der Waals surface area contributed by atoms with E-state index in [0.29, 0.717) is 36.5 Å². The molecular formula is C18H27N3O4S2. The number of carbonyl (C=O) groups is 2. The third-order valence-corrected chi connectivity index (χ3v) is 8.58. The molecule has 0 atom stereocenters. The number of sulfonamides is 1. The summed E-state index contributed by atoms with van der Waals surface area (Å²) in [7, 11) is -3.21. The van der Waals surface area contributed by atoms with Crippen molar-refractivity contribution in [2.75, 3.05) is 24.2 Å². The van der Waals surface area contributed by atoms with Gasteiger partial charge in [0.05, 0.1) is 11.3 Å². The van der Waals surface area contributed by atoms with E-state index in [4.69, 9.17) is 5.73 Å². The number of rotatable bonds is 5. The number of amides is 2. The highest BCUT2D eigenvalue weighted by Gasteiger charge is 2.31. The van der Waals surface area contributed by atoms with E-state index < -0.39 is 15.9 Å². The Morgan fingerprint density at radius 2 is 1.85 bits per heavy atom. The quantitative estimate of drug-likeness (QED) is 0.721. The maximum atomic E-state index is 12.7. The minimum atomic E-state index is -3.21. The number of piperidine rings is 1. The van der Waals surface area contributed by atoms with Gasteiger partial charge in [-0.1, -0.05) is 6.42 Å². The fourth-order valence-electron chi connectivity index (χ4n) is 3.88. The van der Waals surface area contributed by atoms with Crippen LogP contribution in [0, 0.1) is 5.92 Å². The predicted octanol–water partition coefficient (Wildman–Crippen LogP) is 2.12. The summed E-state index contributed by atoms with van der Waals surface area (Å²) in [6, 6.07) is 0. The number of nitrogens with two attached hydrogens (primary N) is 1. The standard InChI is InChI=1S/C18H27N3O4S2/c1-2-27(24,25)21-10-8-12(9-11-21)17(23)20-18-15(16(19)22)13-6-4-3-5-7-14(13)26-18/h12H,2-11H2,1H3,(H2,19,22)(H,20,23). The van der Waals surface area contributed by atoms with Crippen molar-refractivity contribution in [3.05, 3.63) is 16.0 Å². The van der Waals surface area contributed by atoms with Crippen molar-refractivity contribution in [3.8, 4) is 0 Å². The van der Waals surface area contributed by atoms with Crippen LogP contribution in [0.25, 0.3) is 0 Å². The second-order valence-corrected chi connectivity index (χ2v) is 10.6. The molecule has 1 aliphatic heterocycles. The lowest BCUT2D eigenvalue weighted by atomic mass is 9.97. The highest BCUT2D eigenvalue weighted by molar-refractivity contribution is 7.89. The Hall–Kier alpha value is -1.45. The highest BCUT2D eigenvalue weighted by Crippen LogP contribution is 2.37. The van der Waals surface area contributed by atoms with Crippen molar-refractivity contribution in [2.24, 2.45) is 11.7 Å². The molecule has 2 aliphatic rings. The smallest absolute Gasteiger partial charge is 0.251 e. The van der Waals surface area contributed by atoms with Crippen LogP contribution in [0.2, 0.25) is 0 Å². The molecule has 0 bridgehead atoms. The van der Waals surface area contributed by atoms with Gasteiger partial charge in [0, 0.05) is 23.9 Å². The Balaban J connectivity index is 1.71. The third-order valence-electron chi connectivity index (χ3n) is 5.49. The van der Waals surface area contributed by atoms with Crippen molar-refractivity contribution in [1.82, 2.24) is 4.31 Å². The van der Waals surface area contributed by atoms with Gasteiger partial charge in [-0.05, 0) is 51.0 Å². The first kappa shape index (κ1) is 20.3. The van der Waals surface area contributed by atoms with E-state index in [-0.39, 0.29) is 17.6 Å². The van der Waals surface area contributed by atoms with Crippen LogP contribution >= 0.6 is 11.3 Å². The van der Waals surface area contributed by atoms with Gasteiger partial charge < -0.3 is 11.1 Å². The molecule has 2 amide bonds. The zero-order valence-corrected chi connectivity index (χ0v) is 17.3. The largest absolute Gasteiger partial charge is 0.365 e. The summed E-state index contributed by atoms with van der Waals surface area (Å²) in [5.74, 6) is -0.820. The van der Waals surface area contributed by atoms with Crippen LogP contribution in [0.4, 0.5) is 5.00 Å². The van der Waals surface area contributed by atoms with Crippen LogP contribution in [-0.2, 0) is 27.7 Å². The molecule has 27 heavy (non-hydrogen) atoms. The van der Waals surface area contributed by atoms with E-state index >= 15 is 0 Å². The van der Waals surface area contributed by atoms with Gasteiger partial charge in [-0.2, -0.15) is 0 Å². The number of anilines is 1. The van der Waals surface area contributed by atoms with E-state index in [9.17, 15) is 18.0 Å². The Bertz CT molecular complexity index is 824. The molecule has 1 saturated heterocycles. The van der Waals surface area contributed by atoms with Crippen LogP contribution in [0.15, 0.2) is 0 Å². The second kappa shape index (κ2) is 8.28. The maximum absolute atomic E-state index is 12.7. The van der Waals surface area contributed by atoms with Gasteiger partial charge >= 0.3 is 0 Å². The molecule has 0 saturated carbocycles. The van der Waals surface area contributed by atoms with Crippen LogP contribution in [0.1, 0.15) is 59.8 Å². The monoisotopic (exact) mass is 413 g/mol. The summed E-state index contributed by atoms with van der Waals surface area (Å²) in [5, 5.41) is 3.48. The van der Waals surface area contributed by atoms with Crippen molar-refractivity contribution in [3.63, 3.8) is 0 Å². The van der Waals surface area contributed by atoms with Crippen molar-refractivity contribution in [2.45, 2.75) is 51.9 Å². The summed E-state index contributed by atoms with van der Waals surface area (Å²) in [5.41, 5.74) is 7.09. The molecule has 0 spiro atoms. The van der Waals surface area contributed by atoms with Gasteiger partial charge in [0.15, 0.2) is 0 Å². The number of aryl methyl sites for hydroxylation is 1. The molecule has 150 valence electrons. The Kier molecular flexibility index (Phi) is 6.22. The number of nitrogens with one attached hydrogen (secondary N) is 1.